The van der Waals surface area contributed by atoms with Crippen molar-refractivity contribution in [3.63, 3.8) is 0 Å². The molecule has 3 aromatic carbocycles. The Hall–Kier alpha value is -2.64. The molecule has 0 aromatic heterocycles. The molecule has 0 radical (unpaired) electrons. The van der Waals surface area contributed by atoms with Gasteiger partial charge in [-0.1, -0.05) is 96.6 Å². The highest BCUT2D eigenvalue weighted by Gasteiger charge is 2.11. The fraction of sp³-hybridized carbons (Fsp3) is 0.312. The van der Waals surface area contributed by atoms with Crippen LogP contribution in [0.15, 0.2) is 85.0 Å². The van der Waals surface area contributed by atoms with Crippen LogP contribution in [0.5, 0.6) is 0 Å². The first-order valence-corrected chi connectivity index (χ1v) is 12.9. The van der Waals surface area contributed by atoms with Crippen molar-refractivity contribution in [2.45, 2.75) is 65.2 Å². The first-order chi connectivity index (χ1) is 16.6. The summed E-state index contributed by atoms with van der Waals surface area (Å²) < 4.78 is 14.6. The van der Waals surface area contributed by atoms with E-state index >= 15 is 0 Å². The molecule has 0 heterocycles. The summed E-state index contributed by atoms with van der Waals surface area (Å²) in [4.78, 5) is 0. The topological polar surface area (TPSA) is 0 Å². The molecule has 0 amide bonds. The van der Waals surface area contributed by atoms with Gasteiger partial charge < -0.3 is 0 Å². The van der Waals surface area contributed by atoms with Gasteiger partial charge in [0, 0.05) is 0 Å². The van der Waals surface area contributed by atoms with E-state index in [1.165, 1.54) is 22.3 Å². The third kappa shape index (κ3) is 7.71. The molecule has 0 aliphatic rings. The van der Waals surface area contributed by atoms with E-state index < -0.39 is 0 Å². The number of benzene rings is 3. The lowest BCUT2D eigenvalue weighted by molar-refractivity contribution is 0.606. The van der Waals surface area contributed by atoms with Crippen LogP contribution < -0.4 is 0 Å². The third-order valence-electron chi connectivity index (χ3n) is 6.30. The Balaban J connectivity index is 1.47. The molecular weight excluding hydrogens is 439 g/mol. The summed E-state index contributed by atoms with van der Waals surface area (Å²) in [5.74, 6) is -0.245. The van der Waals surface area contributed by atoms with Gasteiger partial charge in [-0.05, 0) is 98.6 Å². The molecule has 3 aromatic rings. The van der Waals surface area contributed by atoms with Gasteiger partial charge in [0.15, 0.2) is 0 Å². The van der Waals surface area contributed by atoms with E-state index in [-0.39, 0.29) is 5.82 Å². The van der Waals surface area contributed by atoms with Crippen molar-refractivity contribution in [2.75, 3.05) is 0 Å². The van der Waals surface area contributed by atoms with Crippen LogP contribution in [-0.2, 0) is 25.7 Å². The molecule has 0 aliphatic carbocycles. The van der Waals surface area contributed by atoms with Gasteiger partial charge in [0.1, 0.15) is 5.82 Å². The van der Waals surface area contributed by atoms with Crippen LogP contribution >= 0.6 is 11.6 Å². The largest absolute Gasteiger partial charge is 0.205 e. The Kier molecular flexibility index (Phi) is 10.6. The molecule has 34 heavy (non-hydrogen) atoms. The fourth-order valence-corrected chi connectivity index (χ4v) is 4.49. The Bertz CT molecular complexity index is 1080. The molecule has 0 spiro atoms. The number of hydrogen-bond donors (Lipinski definition) is 0. The summed E-state index contributed by atoms with van der Waals surface area (Å²) in [6, 6.07) is 21.7. The highest BCUT2D eigenvalue weighted by atomic mass is 35.5. The zero-order valence-electron chi connectivity index (χ0n) is 20.5. The molecule has 0 aliphatic heterocycles. The number of rotatable bonds is 12. The van der Waals surface area contributed by atoms with Crippen molar-refractivity contribution < 1.29 is 4.39 Å². The molecule has 0 saturated carbocycles. The fourth-order valence-electron chi connectivity index (χ4n) is 4.21. The third-order valence-corrected chi connectivity index (χ3v) is 6.71. The second kappa shape index (κ2) is 13.9. The molecule has 0 N–H and O–H groups in total. The number of aryl methyl sites for hydroxylation is 4. The Morgan fingerprint density at radius 1 is 0.618 bits per heavy atom. The van der Waals surface area contributed by atoms with Gasteiger partial charge in [0.25, 0.3) is 0 Å². The van der Waals surface area contributed by atoms with E-state index in [2.05, 4.69) is 73.7 Å². The number of unbranched alkanes of at least 4 members (excludes halogenated alkanes) is 1. The summed E-state index contributed by atoms with van der Waals surface area (Å²) in [7, 11) is 0. The Morgan fingerprint density at radius 2 is 1.12 bits per heavy atom. The molecule has 0 fully saturated rings. The summed E-state index contributed by atoms with van der Waals surface area (Å²) in [6.07, 6.45) is 15.9. The lowest BCUT2D eigenvalue weighted by Crippen LogP contribution is -1.97. The van der Waals surface area contributed by atoms with Crippen LogP contribution in [0.2, 0.25) is 5.02 Å². The molecule has 0 bridgehead atoms. The maximum absolute atomic E-state index is 14.6. The molecule has 0 nitrogen and oxygen atoms in total. The quantitative estimate of drug-likeness (QED) is 0.181. The lowest BCUT2D eigenvalue weighted by atomic mass is 9.98. The van der Waals surface area contributed by atoms with Crippen molar-refractivity contribution >= 4 is 11.6 Å². The zero-order valence-corrected chi connectivity index (χ0v) is 21.3. The van der Waals surface area contributed by atoms with Crippen molar-refractivity contribution in [3.8, 4) is 11.1 Å². The smallest absolute Gasteiger partial charge is 0.145 e. The van der Waals surface area contributed by atoms with Crippen LogP contribution in [0.25, 0.3) is 11.1 Å². The minimum atomic E-state index is -0.245. The van der Waals surface area contributed by atoms with Gasteiger partial charge in [0.05, 0.1) is 5.02 Å². The van der Waals surface area contributed by atoms with Gasteiger partial charge in [-0.2, -0.15) is 0 Å². The molecular formula is C32H36ClF. The second-order valence-corrected chi connectivity index (χ2v) is 9.21. The maximum atomic E-state index is 14.6. The average Bonchev–Trinajstić information content (AvgIpc) is 2.86. The molecule has 2 heteroatoms. The summed E-state index contributed by atoms with van der Waals surface area (Å²) in [5, 5.41) is 0.301. The van der Waals surface area contributed by atoms with E-state index in [1.54, 1.807) is 0 Å². The maximum Gasteiger partial charge on any atom is 0.145 e. The van der Waals surface area contributed by atoms with E-state index in [1.807, 2.05) is 25.1 Å². The SMILES string of the molecule is C/C=C/CCc1ccc(-c2ccc(CCCCc3ccc(CC/C=C/C)c(F)c3Cl)cc2)cc1. The second-order valence-electron chi connectivity index (χ2n) is 8.83. The normalized spacial score (nSPS) is 11.6. The van der Waals surface area contributed by atoms with Crippen LogP contribution in [0.4, 0.5) is 4.39 Å². The standard InChI is InChI=1S/C32H36ClF/c1-3-5-7-11-25-15-19-27(20-16-25)28-21-17-26(18-22-28)12-9-10-13-29-23-24-30(14-8-6-4-2)32(34)31(29)33/h3-6,15-24H,7-14H2,1-2H3/b5-3+,6-4+. The van der Waals surface area contributed by atoms with Gasteiger partial charge in [-0.15, -0.1) is 0 Å². The van der Waals surface area contributed by atoms with Crippen molar-refractivity contribution in [1.29, 1.82) is 0 Å². The number of halogens is 2. The summed E-state index contributed by atoms with van der Waals surface area (Å²) in [5.41, 5.74) is 6.84. The Morgan fingerprint density at radius 3 is 1.71 bits per heavy atom. The average molecular weight is 475 g/mol. The van der Waals surface area contributed by atoms with Crippen LogP contribution in [0.3, 0.4) is 0 Å². The summed E-state index contributed by atoms with van der Waals surface area (Å²) >= 11 is 6.33. The lowest BCUT2D eigenvalue weighted by Gasteiger charge is -2.10. The van der Waals surface area contributed by atoms with Gasteiger partial charge in [-0.25, -0.2) is 4.39 Å². The molecule has 0 atom stereocenters. The highest BCUT2D eigenvalue weighted by molar-refractivity contribution is 6.31. The van der Waals surface area contributed by atoms with Crippen molar-refractivity contribution in [2.24, 2.45) is 0 Å². The van der Waals surface area contributed by atoms with Crippen LogP contribution in [0, 0.1) is 5.82 Å². The zero-order chi connectivity index (χ0) is 24.2. The molecule has 3 rings (SSSR count). The molecule has 0 saturated heterocycles. The first-order valence-electron chi connectivity index (χ1n) is 12.5. The number of hydrogen-bond acceptors (Lipinski definition) is 0. The van der Waals surface area contributed by atoms with E-state index in [9.17, 15) is 4.39 Å². The highest BCUT2D eigenvalue weighted by Crippen LogP contribution is 2.26. The predicted octanol–water partition coefficient (Wildman–Crippen LogP) is 9.73. The van der Waals surface area contributed by atoms with E-state index in [4.69, 9.17) is 11.6 Å². The first kappa shape index (κ1) is 26.0. The van der Waals surface area contributed by atoms with Gasteiger partial charge in [-0.3, -0.25) is 0 Å². The van der Waals surface area contributed by atoms with E-state index in [0.717, 1.165) is 50.5 Å². The van der Waals surface area contributed by atoms with Gasteiger partial charge in [0.2, 0.25) is 0 Å². The van der Waals surface area contributed by atoms with Crippen molar-refractivity contribution in [3.05, 3.63) is 118 Å². The molecule has 178 valence electrons. The molecule has 0 unspecified atom stereocenters. The van der Waals surface area contributed by atoms with Crippen LogP contribution in [-0.4, -0.2) is 0 Å². The van der Waals surface area contributed by atoms with Crippen LogP contribution in [0.1, 0.15) is 61.8 Å². The minimum Gasteiger partial charge on any atom is -0.205 e. The predicted molar refractivity (Wildman–Crippen MR) is 146 cm³/mol. The number of allylic oxidation sites excluding steroid dienone is 4. The monoisotopic (exact) mass is 474 g/mol. The minimum absolute atomic E-state index is 0.245. The van der Waals surface area contributed by atoms with Crippen molar-refractivity contribution in [1.82, 2.24) is 0 Å². The Labute approximate surface area is 210 Å². The van der Waals surface area contributed by atoms with Gasteiger partial charge >= 0.3 is 0 Å². The summed E-state index contributed by atoms with van der Waals surface area (Å²) in [6.45, 7) is 4.04. The van der Waals surface area contributed by atoms with E-state index in [0.29, 0.717) is 17.0 Å².